The van der Waals surface area contributed by atoms with Gasteiger partial charge < -0.3 is 30.5 Å². The van der Waals surface area contributed by atoms with Crippen molar-refractivity contribution >= 4 is 23.4 Å². The van der Waals surface area contributed by atoms with Crippen molar-refractivity contribution in [3.63, 3.8) is 0 Å². The lowest BCUT2D eigenvalue weighted by atomic mass is 10.0. The van der Waals surface area contributed by atoms with E-state index < -0.39 is 66.5 Å². The number of aliphatic hydroxyl groups excluding tert-OH is 1. The van der Waals surface area contributed by atoms with E-state index in [1.165, 1.54) is 13.0 Å². The Morgan fingerprint density at radius 3 is 2.35 bits per heavy atom. The predicted molar refractivity (Wildman–Crippen MR) is 102 cm³/mol. The molecule has 1 heterocycles. The average Bonchev–Trinajstić information content (AvgIpc) is 2.81. The summed E-state index contributed by atoms with van der Waals surface area (Å²) in [6.07, 6.45) is -7.17. The SMILES string of the molecule is C[C@H]1Oc2ccc(F)cc2N(CCO)C(=O)C1NC(=O)C(C)(O)C(=O)NCC(F)(F)C(F)(F)F. The highest BCUT2D eigenvalue weighted by Gasteiger charge is 2.58. The van der Waals surface area contributed by atoms with E-state index in [0.717, 1.165) is 22.3 Å². The summed E-state index contributed by atoms with van der Waals surface area (Å²) in [5.41, 5.74) is -3.25. The zero-order chi connectivity index (χ0) is 26.1. The van der Waals surface area contributed by atoms with Crippen LogP contribution < -0.4 is 20.3 Å². The predicted octanol–water partition coefficient (Wildman–Crippen LogP) is 0.481. The molecule has 2 rings (SSSR count). The molecule has 0 bridgehead atoms. The molecular formula is C19H21F6N3O6. The van der Waals surface area contributed by atoms with Crippen LogP contribution in [0.25, 0.3) is 0 Å². The van der Waals surface area contributed by atoms with Crippen molar-refractivity contribution in [3.8, 4) is 5.75 Å². The first-order valence-corrected chi connectivity index (χ1v) is 9.67. The molecule has 0 fully saturated rings. The zero-order valence-electron chi connectivity index (χ0n) is 17.8. The van der Waals surface area contributed by atoms with E-state index in [1.807, 2.05) is 5.32 Å². The Kier molecular flexibility index (Phi) is 7.72. The quantitative estimate of drug-likeness (QED) is 0.318. The first kappa shape index (κ1) is 27.2. The van der Waals surface area contributed by atoms with Crippen LogP contribution in [0.1, 0.15) is 13.8 Å². The summed E-state index contributed by atoms with van der Waals surface area (Å²) in [6, 6.07) is 1.51. The molecule has 190 valence electrons. The topological polar surface area (TPSA) is 128 Å². The molecule has 1 aliphatic rings. The molecule has 15 heteroatoms. The Labute approximate surface area is 188 Å². The zero-order valence-corrected chi connectivity index (χ0v) is 17.8. The number of β-amino-alcohol motifs (C(OH)–C–C–N with tert-alkyl or cyclic N) is 1. The number of fused-ring (bicyclic) bond motifs is 1. The summed E-state index contributed by atoms with van der Waals surface area (Å²) in [6.45, 7) is -1.36. The van der Waals surface area contributed by atoms with Gasteiger partial charge in [-0.1, -0.05) is 0 Å². The number of benzene rings is 1. The maximum atomic E-state index is 13.7. The minimum atomic E-state index is -5.99. The van der Waals surface area contributed by atoms with Crippen LogP contribution in [0.15, 0.2) is 18.2 Å². The van der Waals surface area contributed by atoms with Crippen molar-refractivity contribution in [3.05, 3.63) is 24.0 Å². The number of alkyl halides is 5. The summed E-state index contributed by atoms with van der Waals surface area (Å²) in [5.74, 6) is -10.5. The van der Waals surface area contributed by atoms with Crippen LogP contribution in [0.5, 0.6) is 5.75 Å². The van der Waals surface area contributed by atoms with Gasteiger partial charge >= 0.3 is 12.1 Å². The Hall–Kier alpha value is -3.07. The molecular weight excluding hydrogens is 480 g/mol. The number of nitrogens with one attached hydrogen (secondary N) is 2. The number of halogens is 6. The lowest BCUT2D eigenvalue weighted by Crippen LogP contribution is -2.63. The lowest BCUT2D eigenvalue weighted by molar-refractivity contribution is -0.278. The largest absolute Gasteiger partial charge is 0.486 e. The number of carbonyl (C=O) groups excluding carboxylic acids is 3. The summed E-state index contributed by atoms with van der Waals surface area (Å²) in [7, 11) is 0. The molecule has 0 aromatic heterocycles. The van der Waals surface area contributed by atoms with Crippen LogP contribution in [0.2, 0.25) is 0 Å². The molecule has 0 saturated heterocycles. The highest BCUT2D eigenvalue weighted by Crippen LogP contribution is 2.35. The summed E-state index contributed by atoms with van der Waals surface area (Å²) in [5, 5.41) is 22.6. The maximum absolute atomic E-state index is 13.7. The van der Waals surface area contributed by atoms with Crippen LogP contribution in [0.4, 0.5) is 32.0 Å². The Morgan fingerprint density at radius 2 is 1.79 bits per heavy atom. The number of amides is 3. The van der Waals surface area contributed by atoms with Crippen molar-refractivity contribution < 1.29 is 55.7 Å². The number of anilines is 1. The smallest absolute Gasteiger partial charge is 0.455 e. The van der Waals surface area contributed by atoms with E-state index in [1.54, 1.807) is 0 Å². The summed E-state index contributed by atoms with van der Waals surface area (Å²) in [4.78, 5) is 38.4. The van der Waals surface area contributed by atoms with Crippen LogP contribution in [0.3, 0.4) is 0 Å². The fourth-order valence-electron chi connectivity index (χ4n) is 2.92. The van der Waals surface area contributed by atoms with Gasteiger partial charge in [0.15, 0.2) is 0 Å². The van der Waals surface area contributed by atoms with Crippen molar-refractivity contribution in [2.45, 2.75) is 43.7 Å². The molecule has 2 unspecified atom stereocenters. The Bertz CT molecular complexity index is 955. The van der Waals surface area contributed by atoms with Gasteiger partial charge in [-0.2, -0.15) is 22.0 Å². The van der Waals surface area contributed by atoms with E-state index >= 15 is 0 Å². The number of hydrogen-bond donors (Lipinski definition) is 4. The van der Waals surface area contributed by atoms with Crippen LogP contribution >= 0.6 is 0 Å². The second-order valence-electron chi connectivity index (χ2n) is 7.56. The third-order valence-electron chi connectivity index (χ3n) is 4.91. The number of rotatable bonds is 7. The van der Waals surface area contributed by atoms with Gasteiger partial charge in [0.05, 0.1) is 18.8 Å². The Balaban J connectivity index is 2.23. The number of ether oxygens (including phenoxy) is 1. The van der Waals surface area contributed by atoms with Gasteiger partial charge in [-0.15, -0.1) is 0 Å². The molecule has 9 nitrogen and oxygen atoms in total. The molecule has 0 saturated carbocycles. The van der Waals surface area contributed by atoms with E-state index in [-0.39, 0.29) is 18.0 Å². The minimum absolute atomic E-state index is 0.00587. The van der Waals surface area contributed by atoms with Crippen molar-refractivity contribution in [1.29, 1.82) is 0 Å². The number of nitrogens with zero attached hydrogens (tertiary/aromatic N) is 1. The first-order valence-electron chi connectivity index (χ1n) is 9.67. The fraction of sp³-hybridized carbons (Fsp3) is 0.526. The van der Waals surface area contributed by atoms with Crippen molar-refractivity contribution in [2.75, 3.05) is 24.6 Å². The second-order valence-corrected chi connectivity index (χ2v) is 7.56. The normalized spacial score (nSPS) is 20.5. The molecule has 3 atom stereocenters. The van der Waals surface area contributed by atoms with Gasteiger partial charge in [-0.05, 0) is 26.0 Å². The van der Waals surface area contributed by atoms with Gasteiger partial charge in [-0.3, -0.25) is 14.4 Å². The monoisotopic (exact) mass is 501 g/mol. The molecule has 1 aliphatic heterocycles. The third kappa shape index (κ3) is 5.52. The highest BCUT2D eigenvalue weighted by molar-refractivity contribution is 6.10. The maximum Gasteiger partial charge on any atom is 0.455 e. The molecule has 4 N–H and O–H groups in total. The highest BCUT2D eigenvalue weighted by atomic mass is 19.4. The molecule has 1 aromatic carbocycles. The average molecular weight is 501 g/mol. The van der Waals surface area contributed by atoms with Crippen LogP contribution in [0, 0.1) is 5.82 Å². The Morgan fingerprint density at radius 1 is 1.18 bits per heavy atom. The van der Waals surface area contributed by atoms with Gasteiger partial charge in [0.25, 0.3) is 17.7 Å². The molecule has 0 spiro atoms. The third-order valence-corrected chi connectivity index (χ3v) is 4.91. The van der Waals surface area contributed by atoms with E-state index in [4.69, 9.17) is 4.74 Å². The summed E-state index contributed by atoms with van der Waals surface area (Å²) < 4.78 is 82.1. The second kappa shape index (κ2) is 9.66. The van der Waals surface area contributed by atoms with Gasteiger partial charge in [0, 0.05) is 12.6 Å². The van der Waals surface area contributed by atoms with Crippen molar-refractivity contribution in [1.82, 2.24) is 10.6 Å². The van der Waals surface area contributed by atoms with Crippen molar-refractivity contribution in [2.24, 2.45) is 0 Å². The number of aliphatic hydroxyl groups is 2. The van der Waals surface area contributed by atoms with Crippen LogP contribution in [-0.2, 0) is 14.4 Å². The molecule has 0 radical (unpaired) electrons. The summed E-state index contributed by atoms with van der Waals surface area (Å²) >= 11 is 0. The van der Waals surface area contributed by atoms with Gasteiger partial charge in [0.2, 0.25) is 5.60 Å². The molecule has 1 aromatic rings. The van der Waals surface area contributed by atoms with Gasteiger partial charge in [-0.25, -0.2) is 4.39 Å². The fourth-order valence-corrected chi connectivity index (χ4v) is 2.92. The van der Waals surface area contributed by atoms with E-state index in [0.29, 0.717) is 6.92 Å². The molecule has 3 amide bonds. The molecule has 0 aliphatic carbocycles. The number of hydrogen-bond acceptors (Lipinski definition) is 6. The van der Waals surface area contributed by atoms with E-state index in [2.05, 4.69) is 0 Å². The van der Waals surface area contributed by atoms with E-state index in [9.17, 15) is 50.9 Å². The number of carbonyl (C=O) groups is 3. The molecule has 34 heavy (non-hydrogen) atoms. The first-order chi connectivity index (χ1) is 15.5. The standard InChI is InChI=1S/C19H21F6N3O6/c1-9-13(14(30)28(5-6-29)11-7-10(20)3-4-12(11)34-9)27-16(32)17(2,33)15(31)26-8-18(21,22)19(23,24)25/h3-4,7,9,13,29,33H,5-6,8H2,1-2H3,(H,26,31)(H,27,32)/t9-,13?,17?/m1/s1. The lowest BCUT2D eigenvalue weighted by Gasteiger charge is -2.29. The van der Waals surface area contributed by atoms with Crippen LogP contribution in [-0.4, -0.2) is 77.5 Å². The van der Waals surface area contributed by atoms with Gasteiger partial charge in [0.1, 0.15) is 23.7 Å². The minimum Gasteiger partial charge on any atom is -0.486 e.